The summed E-state index contributed by atoms with van der Waals surface area (Å²) in [6.07, 6.45) is 12.3. The van der Waals surface area contributed by atoms with E-state index in [1.165, 1.54) is 25.7 Å². The van der Waals surface area contributed by atoms with E-state index in [1.807, 2.05) is 20.3 Å². The third kappa shape index (κ3) is 4.87. The summed E-state index contributed by atoms with van der Waals surface area (Å²) in [7, 11) is 1.68. The summed E-state index contributed by atoms with van der Waals surface area (Å²) in [5.74, 6) is 1.03. The monoisotopic (exact) mass is 311 g/mol. The van der Waals surface area contributed by atoms with Gasteiger partial charge in [-0.2, -0.15) is 0 Å². The third-order valence-electron chi connectivity index (χ3n) is 4.48. The maximum atomic E-state index is 5.82. The van der Waals surface area contributed by atoms with Gasteiger partial charge >= 0.3 is 8.56 Å². The highest BCUT2D eigenvalue weighted by Gasteiger charge is 2.34. The van der Waals surface area contributed by atoms with Gasteiger partial charge in [0.15, 0.2) is 5.88 Å². The van der Waals surface area contributed by atoms with Gasteiger partial charge in [0.1, 0.15) is 6.61 Å². The van der Waals surface area contributed by atoms with E-state index in [0.29, 0.717) is 6.61 Å². The van der Waals surface area contributed by atoms with Gasteiger partial charge in [0.2, 0.25) is 0 Å². The lowest BCUT2D eigenvalue weighted by Crippen LogP contribution is -2.40. The minimum Gasteiger partial charge on any atom is -0.475 e. The molecule has 0 aromatic rings. The lowest BCUT2D eigenvalue weighted by atomic mass is 10.2. The van der Waals surface area contributed by atoms with Crippen LogP contribution in [0.3, 0.4) is 0 Å². The molecule has 0 spiro atoms. The van der Waals surface area contributed by atoms with E-state index < -0.39 is 8.56 Å². The zero-order chi connectivity index (χ0) is 15.0. The molecular formula is C16H29NO3Si. The van der Waals surface area contributed by atoms with Crippen LogP contribution in [0, 0.1) is 0 Å². The molecule has 21 heavy (non-hydrogen) atoms. The molecule has 0 aromatic carbocycles. The zero-order valence-electron chi connectivity index (χ0n) is 13.5. The molecule has 5 heteroatoms. The Hall–Kier alpha value is -0.783. The fraction of sp³-hybridized carbons (Fsp3) is 0.750. The van der Waals surface area contributed by atoms with Crippen LogP contribution in [0.15, 0.2) is 24.1 Å². The van der Waals surface area contributed by atoms with Gasteiger partial charge in [0, 0.05) is 27.3 Å². The van der Waals surface area contributed by atoms with Crippen LogP contribution in [0.2, 0.25) is 12.1 Å². The lowest BCUT2D eigenvalue weighted by Gasteiger charge is -2.30. The maximum absolute atomic E-state index is 5.82. The van der Waals surface area contributed by atoms with Crippen molar-refractivity contribution in [2.24, 2.45) is 0 Å². The van der Waals surface area contributed by atoms with Crippen molar-refractivity contribution in [2.45, 2.75) is 44.2 Å². The molecule has 0 N–H and O–H groups in total. The van der Waals surface area contributed by atoms with Crippen LogP contribution in [0.1, 0.15) is 32.1 Å². The largest absolute Gasteiger partial charge is 0.475 e. The first-order valence-electron chi connectivity index (χ1n) is 8.14. The first kappa shape index (κ1) is 16.6. The van der Waals surface area contributed by atoms with Gasteiger partial charge in [-0.1, -0.05) is 25.3 Å². The second kappa shape index (κ2) is 8.61. The quantitative estimate of drug-likeness (QED) is 0.747. The van der Waals surface area contributed by atoms with E-state index in [4.69, 9.17) is 13.6 Å². The minimum atomic E-state index is -1.97. The Labute approximate surface area is 130 Å². The van der Waals surface area contributed by atoms with Gasteiger partial charge in [-0.3, -0.25) is 0 Å². The Kier molecular flexibility index (Phi) is 6.80. The Bertz CT molecular complexity index is 367. The summed E-state index contributed by atoms with van der Waals surface area (Å²) in [5.41, 5.74) is 0. The van der Waals surface area contributed by atoms with Gasteiger partial charge in [0.05, 0.1) is 0 Å². The Balaban J connectivity index is 1.99. The van der Waals surface area contributed by atoms with E-state index in [2.05, 4.69) is 17.1 Å². The van der Waals surface area contributed by atoms with E-state index >= 15 is 0 Å². The number of ether oxygens (including phenoxy) is 1. The van der Waals surface area contributed by atoms with Crippen LogP contribution in [-0.2, 0) is 13.6 Å². The molecule has 1 fully saturated rings. The van der Waals surface area contributed by atoms with Crippen LogP contribution >= 0.6 is 0 Å². The first-order chi connectivity index (χ1) is 10.3. The summed E-state index contributed by atoms with van der Waals surface area (Å²) in [4.78, 5) is 2.39. The van der Waals surface area contributed by atoms with Gasteiger partial charge < -0.3 is 18.5 Å². The van der Waals surface area contributed by atoms with E-state index in [-0.39, 0.29) is 0 Å². The minimum absolute atomic E-state index is 0.692. The predicted molar refractivity (Wildman–Crippen MR) is 87.2 cm³/mol. The number of allylic oxidation sites excluding steroid dienone is 2. The van der Waals surface area contributed by atoms with Gasteiger partial charge in [-0.25, -0.2) is 0 Å². The van der Waals surface area contributed by atoms with Crippen LogP contribution in [-0.4, -0.2) is 47.4 Å². The normalized spacial score (nSPS) is 23.9. The van der Waals surface area contributed by atoms with Crippen molar-refractivity contribution in [3.63, 3.8) is 0 Å². The SMILES string of the molecule is CO[Si]1(OC)CCCCCCN(C2=CC=CCO2)CCC1. The fourth-order valence-electron chi connectivity index (χ4n) is 3.12. The Morgan fingerprint density at radius 2 is 1.71 bits per heavy atom. The molecule has 1 saturated heterocycles. The standard InChI is InChI=1S/C16H29NO3Si/c1-18-21(19-2)14-8-4-3-6-11-17(12-9-15-21)16-10-5-7-13-20-16/h5,7,10H,3-4,6,8-9,11-15H2,1-2H3. The van der Waals surface area contributed by atoms with Crippen molar-refractivity contribution in [1.82, 2.24) is 4.90 Å². The van der Waals surface area contributed by atoms with Crippen LogP contribution in [0.4, 0.5) is 0 Å². The van der Waals surface area contributed by atoms with Gasteiger partial charge in [-0.15, -0.1) is 0 Å². The molecule has 0 bridgehead atoms. The zero-order valence-corrected chi connectivity index (χ0v) is 14.5. The number of nitrogens with zero attached hydrogens (tertiary/aromatic N) is 1. The Morgan fingerprint density at radius 1 is 1.00 bits per heavy atom. The molecule has 0 saturated carbocycles. The fourth-order valence-corrected chi connectivity index (χ4v) is 5.84. The summed E-state index contributed by atoms with van der Waals surface area (Å²) >= 11 is 0. The molecule has 2 aliphatic rings. The summed E-state index contributed by atoms with van der Waals surface area (Å²) in [5, 5.41) is 0. The lowest BCUT2D eigenvalue weighted by molar-refractivity contribution is 0.125. The van der Waals surface area contributed by atoms with E-state index in [1.54, 1.807) is 0 Å². The van der Waals surface area contributed by atoms with E-state index in [9.17, 15) is 0 Å². The first-order valence-corrected chi connectivity index (χ1v) is 10.4. The smallest absolute Gasteiger partial charge is 0.337 e. The third-order valence-corrected chi connectivity index (χ3v) is 8.20. The summed E-state index contributed by atoms with van der Waals surface area (Å²) < 4.78 is 17.4. The number of hydrogen-bond donors (Lipinski definition) is 0. The van der Waals surface area contributed by atoms with Crippen molar-refractivity contribution in [3.8, 4) is 0 Å². The number of rotatable bonds is 3. The average Bonchev–Trinajstić information content (AvgIpc) is 2.59. The topological polar surface area (TPSA) is 30.9 Å². The van der Waals surface area contributed by atoms with Crippen LogP contribution in [0.25, 0.3) is 0 Å². The van der Waals surface area contributed by atoms with Gasteiger partial charge in [0.25, 0.3) is 0 Å². The second-order valence-electron chi connectivity index (χ2n) is 5.82. The molecule has 0 aliphatic carbocycles. The molecule has 2 aliphatic heterocycles. The molecule has 0 amide bonds. The van der Waals surface area contributed by atoms with Crippen molar-refractivity contribution in [1.29, 1.82) is 0 Å². The summed E-state index contributed by atoms with van der Waals surface area (Å²) in [6, 6.07) is 2.20. The van der Waals surface area contributed by atoms with Crippen molar-refractivity contribution in [3.05, 3.63) is 24.1 Å². The molecular weight excluding hydrogens is 282 g/mol. The molecule has 120 valence electrons. The molecule has 2 rings (SSSR count). The highest BCUT2D eigenvalue weighted by Crippen LogP contribution is 2.25. The van der Waals surface area contributed by atoms with Crippen molar-refractivity contribution in [2.75, 3.05) is 33.9 Å². The molecule has 0 unspecified atom stereocenters. The molecule has 0 atom stereocenters. The average molecular weight is 311 g/mol. The van der Waals surface area contributed by atoms with Gasteiger partial charge in [-0.05, 0) is 37.1 Å². The predicted octanol–water partition coefficient (Wildman–Crippen LogP) is 3.42. The highest BCUT2D eigenvalue weighted by molar-refractivity contribution is 6.67. The van der Waals surface area contributed by atoms with Crippen molar-refractivity contribution < 1.29 is 13.6 Å². The van der Waals surface area contributed by atoms with Crippen molar-refractivity contribution >= 4 is 8.56 Å². The molecule has 4 nitrogen and oxygen atoms in total. The molecule has 2 heterocycles. The molecule has 0 radical (unpaired) electrons. The Morgan fingerprint density at radius 3 is 2.43 bits per heavy atom. The van der Waals surface area contributed by atoms with E-state index in [0.717, 1.165) is 37.5 Å². The highest BCUT2D eigenvalue weighted by atomic mass is 28.4. The molecule has 0 aromatic heterocycles. The maximum Gasteiger partial charge on any atom is 0.337 e. The van der Waals surface area contributed by atoms with Crippen LogP contribution in [0.5, 0.6) is 0 Å². The second-order valence-corrected chi connectivity index (χ2v) is 9.46. The number of hydrogen-bond acceptors (Lipinski definition) is 4. The summed E-state index contributed by atoms with van der Waals surface area (Å²) in [6.45, 7) is 2.81. The van der Waals surface area contributed by atoms with Crippen LogP contribution < -0.4 is 0 Å².